The van der Waals surface area contributed by atoms with Crippen LogP contribution in [0.3, 0.4) is 0 Å². The molecule has 0 fully saturated rings. The number of rotatable bonds is 5. The van der Waals surface area contributed by atoms with Gasteiger partial charge in [0, 0.05) is 35.1 Å². The molecule has 0 spiro atoms. The summed E-state index contributed by atoms with van der Waals surface area (Å²) in [5.41, 5.74) is 3.58. The third kappa shape index (κ3) is 3.13. The average molecular weight is 299 g/mol. The Morgan fingerprint density at radius 1 is 1.43 bits per heavy atom. The van der Waals surface area contributed by atoms with E-state index < -0.39 is 0 Å². The number of hydrogen-bond acceptors (Lipinski definition) is 3. The van der Waals surface area contributed by atoms with Crippen LogP contribution in [0.5, 0.6) is 0 Å². The SMILES string of the molecule is Cc1cccc2c(CCC(=O)NCc3nccs3)c[nH]c12. The van der Waals surface area contributed by atoms with E-state index in [0.717, 1.165) is 16.9 Å². The highest BCUT2D eigenvalue weighted by molar-refractivity contribution is 7.09. The van der Waals surface area contributed by atoms with Crippen LogP contribution in [0, 0.1) is 6.92 Å². The van der Waals surface area contributed by atoms with Crippen molar-refractivity contribution in [2.75, 3.05) is 0 Å². The molecule has 2 N–H and O–H groups in total. The average Bonchev–Trinajstić information content (AvgIpc) is 3.13. The van der Waals surface area contributed by atoms with Crippen molar-refractivity contribution < 1.29 is 4.79 Å². The molecule has 4 nitrogen and oxygen atoms in total. The van der Waals surface area contributed by atoms with Crippen molar-refractivity contribution in [3.63, 3.8) is 0 Å². The van der Waals surface area contributed by atoms with E-state index in [1.54, 1.807) is 17.5 Å². The second kappa shape index (κ2) is 6.10. The second-order valence-electron chi connectivity index (χ2n) is 5.01. The monoisotopic (exact) mass is 299 g/mol. The first kappa shape index (κ1) is 13.8. The predicted octanol–water partition coefficient (Wildman–Crippen LogP) is 3.18. The van der Waals surface area contributed by atoms with E-state index in [9.17, 15) is 4.79 Å². The topological polar surface area (TPSA) is 57.8 Å². The zero-order valence-corrected chi connectivity index (χ0v) is 12.7. The Hall–Kier alpha value is -2.14. The molecule has 0 unspecified atom stereocenters. The lowest BCUT2D eigenvalue weighted by atomic mass is 10.1. The third-order valence-corrected chi connectivity index (χ3v) is 4.33. The number of nitrogens with zero attached hydrogens (tertiary/aromatic N) is 1. The van der Waals surface area contributed by atoms with Gasteiger partial charge >= 0.3 is 0 Å². The molecule has 2 heterocycles. The predicted molar refractivity (Wildman–Crippen MR) is 85.3 cm³/mol. The van der Waals surface area contributed by atoms with Crippen molar-refractivity contribution in [3.05, 3.63) is 52.1 Å². The highest BCUT2D eigenvalue weighted by Crippen LogP contribution is 2.22. The van der Waals surface area contributed by atoms with E-state index in [4.69, 9.17) is 0 Å². The smallest absolute Gasteiger partial charge is 0.220 e. The maximum atomic E-state index is 11.9. The van der Waals surface area contributed by atoms with Crippen LogP contribution in [0.2, 0.25) is 0 Å². The van der Waals surface area contributed by atoms with Crippen LogP contribution in [-0.4, -0.2) is 15.9 Å². The Balaban J connectivity index is 1.59. The van der Waals surface area contributed by atoms with Crippen LogP contribution in [0.4, 0.5) is 0 Å². The molecule has 3 aromatic rings. The lowest BCUT2D eigenvalue weighted by molar-refractivity contribution is -0.121. The van der Waals surface area contributed by atoms with E-state index in [2.05, 4.69) is 40.4 Å². The number of thiazole rings is 1. The first-order valence-corrected chi connectivity index (χ1v) is 7.82. The van der Waals surface area contributed by atoms with Gasteiger partial charge in [-0.15, -0.1) is 11.3 Å². The number of H-pyrrole nitrogens is 1. The molecule has 1 amide bonds. The molecule has 0 aliphatic rings. The molecule has 0 radical (unpaired) electrons. The Morgan fingerprint density at radius 2 is 2.33 bits per heavy atom. The Kier molecular flexibility index (Phi) is 4.01. The molecule has 5 heteroatoms. The van der Waals surface area contributed by atoms with Gasteiger partial charge in [0.05, 0.1) is 6.54 Å². The molecule has 21 heavy (non-hydrogen) atoms. The summed E-state index contributed by atoms with van der Waals surface area (Å²) in [6, 6.07) is 6.24. The largest absolute Gasteiger partial charge is 0.361 e. The number of hydrogen-bond donors (Lipinski definition) is 2. The van der Waals surface area contributed by atoms with Gasteiger partial charge in [-0.2, -0.15) is 0 Å². The van der Waals surface area contributed by atoms with Crippen LogP contribution in [0.1, 0.15) is 22.6 Å². The third-order valence-electron chi connectivity index (χ3n) is 3.55. The molecule has 0 aliphatic heterocycles. The van der Waals surface area contributed by atoms with Gasteiger partial charge in [0.15, 0.2) is 0 Å². The van der Waals surface area contributed by atoms with E-state index in [1.807, 2.05) is 11.6 Å². The summed E-state index contributed by atoms with van der Waals surface area (Å²) in [6.07, 6.45) is 4.99. The van der Waals surface area contributed by atoms with Crippen molar-refractivity contribution in [1.82, 2.24) is 15.3 Å². The minimum atomic E-state index is 0.0622. The van der Waals surface area contributed by atoms with Crippen LogP contribution >= 0.6 is 11.3 Å². The molecule has 0 aliphatic carbocycles. The van der Waals surface area contributed by atoms with Crippen LogP contribution in [0.15, 0.2) is 36.0 Å². The molecule has 2 aromatic heterocycles. The van der Waals surface area contributed by atoms with Gasteiger partial charge in [0.1, 0.15) is 5.01 Å². The van der Waals surface area contributed by atoms with E-state index in [-0.39, 0.29) is 5.91 Å². The highest BCUT2D eigenvalue weighted by Gasteiger charge is 2.08. The molecule has 3 rings (SSSR count). The number of para-hydroxylation sites is 1. The Bertz CT molecular complexity index is 746. The second-order valence-corrected chi connectivity index (χ2v) is 5.99. The summed E-state index contributed by atoms with van der Waals surface area (Å²) >= 11 is 1.55. The molecule has 0 saturated carbocycles. The van der Waals surface area contributed by atoms with Crippen molar-refractivity contribution in [2.45, 2.75) is 26.3 Å². The van der Waals surface area contributed by atoms with E-state index in [0.29, 0.717) is 13.0 Å². The number of carbonyl (C=O) groups is 1. The Morgan fingerprint density at radius 3 is 3.14 bits per heavy atom. The summed E-state index contributed by atoms with van der Waals surface area (Å²) in [7, 11) is 0. The fraction of sp³-hybridized carbons (Fsp3) is 0.250. The van der Waals surface area contributed by atoms with Crippen LogP contribution in [-0.2, 0) is 17.8 Å². The van der Waals surface area contributed by atoms with Crippen molar-refractivity contribution in [2.24, 2.45) is 0 Å². The molecule has 0 atom stereocenters. The number of benzene rings is 1. The highest BCUT2D eigenvalue weighted by atomic mass is 32.1. The standard InChI is InChI=1S/C16H17N3OS/c1-11-3-2-4-13-12(9-19-16(11)13)5-6-14(20)18-10-15-17-7-8-21-15/h2-4,7-9,19H,5-6,10H2,1H3,(H,18,20). The molecule has 108 valence electrons. The zero-order chi connectivity index (χ0) is 14.7. The van der Waals surface area contributed by atoms with Gasteiger partial charge in [0.25, 0.3) is 0 Å². The van der Waals surface area contributed by atoms with Gasteiger partial charge in [-0.3, -0.25) is 4.79 Å². The Labute approximate surface area is 127 Å². The van der Waals surface area contributed by atoms with Gasteiger partial charge in [-0.05, 0) is 24.5 Å². The lowest BCUT2D eigenvalue weighted by Crippen LogP contribution is -2.22. The summed E-state index contributed by atoms with van der Waals surface area (Å²) in [6.45, 7) is 2.60. The maximum absolute atomic E-state index is 11.9. The number of fused-ring (bicyclic) bond motifs is 1. The van der Waals surface area contributed by atoms with Crippen LogP contribution < -0.4 is 5.32 Å². The van der Waals surface area contributed by atoms with Gasteiger partial charge in [-0.25, -0.2) is 4.98 Å². The summed E-state index contributed by atoms with van der Waals surface area (Å²) in [5.74, 6) is 0.0622. The van der Waals surface area contributed by atoms with Crippen molar-refractivity contribution in [3.8, 4) is 0 Å². The molecule has 1 aromatic carbocycles. The van der Waals surface area contributed by atoms with E-state index in [1.165, 1.54) is 16.5 Å². The molecular weight excluding hydrogens is 282 g/mol. The normalized spacial score (nSPS) is 10.9. The van der Waals surface area contributed by atoms with Gasteiger partial charge < -0.3 is 10.3 Å². The van der Waals surface area contributed by atoms with Crippen LogP contribution in [0.25, 0.3) is 10.9 Å². The zero-order valence-electron chi connectivity index (χ0n) is 11.8. The minimum absolute atomic E-state index is 0.0622. The number of amides is 1. The fourth-order valence-corrected chi connectivity index (χ4v) is 2.98. The van der Waals surface area contributed by atoms with Gasteiger partial charge in [-0.1, -0.05) is 18.2 Å². The quantitative estimate of drug-likeness (QED) is 0.760. The lowest BCUT2D eigenvalue weighted by Gasteiger charge is -2.03. The number of nitrogens with one attached hydrogen (secondary N) is 2. The molecule has 0 bridgehead atoms. The summed E-state index contributed by atoms with van der Waals surface area (Å²) < 4.78 is 0. The van der Waals surface area contributed by atoms with E-state index >= 15 is 0 Å². The molecule has 0 saturated heterocycles. The molecular formula is C16H17N3OS. The fourth-order valence-electron chi connectivity index (χ4n) is 2.42. The number of aryl methyl sites for hydroxylation is 2. The maximum Gasteiger partial charge on any atom is 0.220 e. The number of aromatic amines is 1. The first-order chi connectivity index (χ1) is 10.2. The minimum Gasteiger partial charge on any atom is -0.361 e. The summed E-state index contributed by atoms with van der Waals surface area (Å²) in [5, 5.41) is 6.97. The van der Waals surface area contributed by atoms with Crippen molar-refractivity contribution in [1.29, 1.82) is 0 Å². The number of aromatic nitrogens is 2. The van der Waals surface area contributed by atoms with Gasteiger partial charge in [0.2, 0.25) is 5.91 Å². The van der Waals surface area contributed by atoms with Crippen molar-refractivity contribution >= 4 is 28.1 Å². The number of carbonyl (C=O) groups excluding carboxylic acids is 1. The first-order valence-electron chi connectivity index (χ1n) is 6.94. The summed E-state index contributed by atoms with van der Waals surface area (Å²) in [4.78, 5) is 19.3.